The van der Waals surface area contributed by atoms with E-state index in [-0.39, 0.29) is 12.4 Å². The molecule has 0 bridgehead atoms. The highest BCUT2D eigenvalue weighted by Gasteiger charge is 2.07. The number of aliphatic hydroxyl groups is 3. The van der Waals surface area contributed by atoms with Crippen molar-refractivity contribution in [2.24, 2.45) is 0 Å². The Morgan fingerprint density at radius 1 is 1.67 bits per heavy atom. The van der Waals surface area contributed by atoms with E-state index in [9.17, 15) is 0 Å². The van der Waals surface area contributed by atoms with Gasteiger partial charge in [-0.25, -0.2) is 0 Å². The molecule has 1 atom stereocenters. The number of hydrogen-bond acceptors (Lipinski definition) is 3. The van der Waals surface area contributed by atoms with E-state index in [2.05, 4.69) is 15.3 Å². The van der Waals surface area contributed by atoms with E-state index in [4.69, 9.17) is 4.29 Å². The van der Waals surface area contributed by atoms with Crippen LogP contribution in [-0.2, 0) is 0 Å². The Labute approximate surface area is 58.7 Å². The highest BCUT2D eigenvalue weighted by molar-refractivity contribution is 5.05. The minimum Gasteiger partial charge on any atom is -0.510 e. The Morgan fingerprint density at radius 2 is 2.44 bits per heavy atom. The minimum absolute atomic E-state index is 0.122. The quantitative estimate of drug-likeness (QED) is 0.472. The first-order valence-corrected chi connectivity index (χ1v) is 2.68. The van der Waals surface area contributed by atoms with Crippen LogP contribution in [0.25, 0.3) is 1.43 Å². The van der Waals surface area contributed by atoms with Crippen LogP contribution in [0.2, 0.25) is 0 Å². The van der Waals surface area contributed by atoms with Crippen molar-refractivity contribution in [3.63, 3.8) is 0 Å². The highest BCUT2D eigenvalue weighted by atomic mass is 16.3. The van der Waals surface area contributed by atoms with Gasteiger partial charge < -0.3 is 15.3 Å². The summed E-state index contributed by atoms with van der Waals surface area (Å²) in [5.41, 5.74) is 0.722. The lowest BCUT2D eigenvalue weighted by molar-refractivity contribution is 0.0856. The molecule has 0 aromatic heterocycles. The molecule has 54 valence electrons. The van der Waals surface area contributed by atoms with Gasteiger partial charge in [-0.05, 0) is 19.4 Å². The molecule has 0 heterocycles. The zero-order valence-corrected chi connectivity index (χ0v) is 5.51. The molecule has 0 spiro atoms. The summed E-state index contributed by atoms with van der Waals surface area (Å²) in [5.74, 6) is 0.206. The van der Waals surface area contributed by atoms with Crippen LogP contribution < -0.4 is 0 Å². The summed E-state index contributed by atoms with van der Waals surface area (Å²) in [4.78, 5) is 0. The maximum absolute atomic E-state index is 6.66. The second kappa shape index (κ2) is 3.48. The van der Waals surface area contributed by atoms with Gasteiger partial charge in [0, 0.05) is 0 Å². The van der Waals surface area contributed by atoms with Gasteiger partial charge in [0.1, 0.15) is 11.9 Å². The molecule has 0 aromatic rings. The molecule has 0 aliphatic carbocycles. The largest absolute Gasteiger partial charge is 0.510 e. The first-order chi connectivity index (χ1) is 5.67. The Balaban J connectivity index is 4.34. The normalized spacial score (nSPS) is 16.9. The lowest BCUT2D eigenvalue weighted by atomic mass is 10.2. The number of aliphatic hydroxyl groups excluding tert-OH is 3. The van der Waals surface area contributed by atoms with E-state index in [1.807, 2.05) is 0 Å². The van der Waals surface area contributed by atoms with E-state index in [0.29, 0.717) is 0 Å². The fourth-order valence-electron chi connectivity index (χ4n) is 0.398. The third-order valence-electron chi connectivity index (χ3n) is 0.937. The molecule has 0 saturated carbocycles. The van der Waals surface area contributed by atoms with Crippen molar-refractivity contribution in [1.29, 1.82) is 4.29 Å². The standard InChI is InChI=1S/C6H12O3/c1-4(2)6(9)5(8)3-7/h5,7-9H,3H2,1-2H3/i7D,8D/hD. The number of allylic oxidation sites excluding steroid dienone is 1. The molecule has 0 aromatic carbocycles. The van der Waals surface area contributed by atoms with Crippen LogP contribution in [0.1, 0.15) is 13.8 Å². The maximum atomic E-state index is 6.66. The van der Waals surface area contributed by atoms with Crippen molar-refractivity contribution >= 4 is 0 Å². The fourth-order valence-corrected chi connectivity index (χ4v) is 0.398. The Kier molecular flexibility index (Phi) is 1.66. The number of rotatable bonds is 5. The van der Waals surface area contributed by atoms with Crippen molar-refractivity contribution in [3.8, 4) is 0 Å². The molecular weight excluding hydrogens is 120 g/mol. The lowest BCUT2D eigenvalue weighted by Gasteiger charge is -2.06. The molecule has 0 fully saturated rings. The van der Waals surface area contributed by atoms with E-state index >= 15 is 0 Å². The molecule has 0 amide bonds. The van der Waals surface area contributed by atoms with Gasteiger partial charge >= 0.3 is 0 Å². The van der Waals surface area contributed by atoms with E-state index in [1.54, 1.807) is 13.8 Å². The molecule has 0 saturated heterocycles. The van der Waals surface area contributed by atoms with Gasteiger partial charge in [-0.1, -0.05) is 0 Å². The van der Waals surface area contributed by atoms with Gasteiger partial charge in [0.05, 0.1) is 6.61 Å². The zero-order chi connectivity index (χ0) is 9.56. The van der Waals surface area contributed by atoms with Crippen LogP contribution in [-0.4, -0.2) is 30.9 Å². The van der Waals surface area contributed by atoms with Crippen LogP contribution in [0.3, 0.4) is 0 Å². The molecular formula is C6H12O3. The average Bonchev–Trinajstić information content (AvgIpc) is 2.03. The van der Waals surface area contributed by atoms with Gasteiger partial charge in [0.15, 0.2) is 0 Å². The third-order valence-corrected chi connectivity index (χ3v) is 0.937. The summed E-state index contributed by atoms with van der Waals surface area (Å²) in [6, 6.07) is 0. The second-order valence-corrected chi connectivity index (χ2v) is 2.02. The van der Waals surface area contributed by atoms with Gasteiger partial charge in [-0.2, -0.15) is 0 Å². The Hall–Kier alpha value is -0.540. The SMILES string of the molecule is [2H]OCC(O[2H])C(O[2H])=C(C)C. The topological polar surface area (TPSA) is 60.7 Å². The second-order valence-electron chi connectivity index (χ2n) is 2.02. The van der Waals surface area contributed by atoms with Gasteiger partial charge in [-0.15, -0.1) is 0 Å². The van der Waals surface area contributed by atoms with Crippen LogP contribution in [0.4, 0.5) is 0 Å². The minimum atomic E-state index is -0.801. The third kappa shape index (κ3) is 2.49. The Morgan fingerprint density at radius 3 is 2.78 bits per heavy atom. The van der Waals surface area contributed by atoms with Crippen LogP contribution in [0.5, 0.6) is 0 Å². The summed E-state index contributed by atoms with van der Waals surface area (Å²) in [5, 5.41) is 12.5. The summed E-state index contributed by atoms with van der Waals surface area (Å²) in [6.07, 6.45) is -0.801. The Bertz CT molecular complexity index is 156. The summed E-state index contributed by atoms with van der Waals surface area (Å²) < 4.78 is 19.7. The molecule has 3 heteroatoms. The lowest BCUT2D eigenvalue weighted by Crippen LogP contribution is -2.15. The van der Waals surface area contributed by atoms with Crippen molar-refractivity contribution in [2.75, 3.05) is 6.61 Å². The smallest absolute Gasteiger partial charge is 0.293 e. The molecule has 0 rings (SSSR count). The average molecular weight is 135 g/mol. The van der Waals surface area contributed by atoms with E-state index in [1.165, 1.54) is 0 Å². The summed E-state index contributed by atoms with van der Waals surface area (Å²) in [6.45, 7) is 3.32. The van der Waals surface area contributed by atoms with Crippen LogP contribution >= 0.6 is 0 Å². The summed E-state index contributed by atoms with van der Waals surface area (Å²) in [7, 11) is 0. The first-order valence-electron chi connectivity index (χ1n) is 3.90. The van der Waals surface area contributed by atoms with E-state index < -0.39 is 6.10 Å². The zero-order valence-electron chi connectivity index (χ0n) is 8.51. The monoisotopic (exact) mass is 135 g/mol. The fraction of sp³-hybridized carbons (Fsp3) is 0.667. The molecule has 0 aliphatic heterocycles. The van der Waals surface area contributed by atoms with Gasteiger partial charge in [0.2, 0.25) is 2.86 Å². The molecule has 3 nitrogen and oxygen atoms in total. The van der Waals surface area contributed by atoms with Gasteiger partial charge in [0.25, 0.3) is 1.43 Å². The van der Waals surface area contributed by atoms with Crippen molar-refractivity contribution < 1.29 is 15.3 Å². The predicted octanol–water partition coefficient (Wildman–Crippen LogP) is 0.191. The highest BCUT2D eigenvalue weighted by Crippen LogP contribution is 2.03. The molecule has 3 N–H and O–H groups in total. The van der Waals surface area contributed by atoms with Crippen LogP contribution in [0.15, 0.2) is 11.3 Å². The molecule has 0 aliphatic rings. The molecule has 9 heavy (non-hydrogen) atoms. The molecule has 0 radical (unpaired) electrons. The van der Waals surface area contributed by atoms with E-state index in [0.717, 1.165) is 5.57 Å². The van der Waals surface area contributed by atoms with Crippen LogP contribution in [0, 0.1) is 0 Å². The summed E-state index contributed by atoms with van der Waals surface area (Å²) >= 11 is 0. The van der Waals surface area contributed by atoms with Crippen molar-refractivity contribution in [2.45, 2.75) is 20.0 Å². The number of hydrogen-bond donors (Lipinski definition) is 3. The molecule has 1 unspecified atom stereocenters. The predicted molar refractivity (Wildman–Crippen MR) is 34.1 cm³/mol. The van der Waals surface area contributed by atoms with Crippen molar-refractivity contribution in [1.82, 2.24) is 0 Å². The first kappa shape index (κ1) is 4.30. The van der Waals surface area contributed by atoms with Gasteiger partial charge in [-0.3, -0.25) is 0 Å². The maximum Gasteiger partial charge on any atom is 0.293 e. The van der Waals surface area contributed by atoms with Crippen molar-refractivity contribution in [3.05, 3.63) is 11.3 Å².